The quantitative estimate of drug-likeness (QED) is 0.513. The third-order valence-corrected chi connectivity index (χ3v) is 7.21. The Hall–Kier alpha value is -1.76. The molecule has 2 aromatic carbocycles. The molecule has 1 aliphatic rings. The van der Waals surface area contributed by atoms with Crippen LogP contribution in [0.5, 0.6) is 0 Å². The predicted molar refractivity (Wildman–Crippen MR) is 115 cm³/mol. The summed E-state index contributed by atoms with van der Waals surface area (Å²) in [5.41, 5.74) is 1.09. The number of hydrogen-bond acceptors (Lipinski definition) is 4. The Bertz CT molecular complexity index is 841. The summed E-state index contributed by atoms with van der Waals surface area (Å²) in [7, 11) is 0. The lowest BCUT2D eigenvalue weighted by Gasteiger charge is -2.31. The van der Waals surface area contributed by atoms with Gasteiger partial charge in [0.25, 0.3) is 0 Å². The topological polar surface area (TPSA) is 54.4 Å². The number of amides is 2. The van der Waals surface area contributed by atoms with E-state index in [1.54, 1.807) is 18.7 Å². The summed E-state index contributed by atoms with van der Waals surface area (Å²) in [4.78, 5) is 27.4. The molecule has 1 heterocycles. The van der Waals surface area contributed by atoms with Crippen LogP contribution in [0, 0.1) is 5.92 Å². The third-order valence-electron chi connectivity index (χ3n) is 5.65. The molecule has 0 aliphatic carbocycles. The van der Waals surface area contributed by atoms with Crippen LogP contribution in [0.4, 0.5) is 4.79 Å². The molecule has 1 aliphatic heterocycles. The van der Waals surface area contributed by atoms with Gasteiger partial charge in [-0.15, -0.1) is 0 Å². The van der Waals surface area contributed by atoms with Crippen LogP contribution in [0.1, 0.15) is 31.7 Å². The molecule has 0 radical (unpaired) electrons. The van der Waals surface area contributed by atoms with E-state index in [2.05, 4.69) is 49.0 Å². The van der Waals surface area contributed by atoms with Gasteiger partial charge < -0.3 is 5.11 Å². The highest BCUT2D eigenvalue weighted by molar-refractivity contribution is 7.99. The molecule has 3 rings (SSSR count). The molecule has 2 aromatic rings. The van der Waals surface area contributed by atoms with Gasteiger partial charge in [0.15, 0.2) is 0 Å². The van der Waals surface area contributed by atoms with E-state index < -0.39 is 10.6 Å². The molecule has 6 heteroatoms. The first-order valence-corrected chi connectivity index (χ1v) is 10.9. The van der Waals surface area contributed by atoms with Crippen LogP contribution in [-0.2, 0) is 4.79 Å². The predicted octanol–water partition coefficient (Wildman–Crippen LogP) is 5.30. The number of thiol groups is 1. The van der Waals surface area contributed by atoms with E-state index in [1.807, 2.05) is 25.1 Å². The van der Waals surface area contributed by atoms with E-state index in [0.717, 1.165) is 10.5 Å². The standard InChI is InChI=1S/C22H25NO3S2/c1-15(14-27)21(24)23(22(25)26)13-18(12-16(23)2)17-8-10-20(11-9-17)28-19-6-4-3-5-7-19/h3-11,15-16,18H,12-14H2,1-2H3,(H-,25,26,27)/p+1/t15?,16?,18-,23-/m0/s1. The average molecular weight is 417 g/mol. The van der Waals surface area contributed by atoms with Crippen molar-refractivity contribution < 1.29 is 19.2 Å². The van der Waals surface area contributed by atoms with Crippen LogP contribution < -0.4 is 0 Å². The fourth-order valence-electron chi connectivity index (χ4n) is 4.01. The van der Waals surface area contributed by atoms with Crippen molar-refractivity contribution in [3.05, 3.63) is 60.2 Å². The second-order valence-corrected chi connectivity index (χ2v) is 9.03. The Balaban J connectivity index is 1.79. The highest BCUT2D eigenvalue weighted by Crippen LogP contribution is 2.40. The summed E-state index contributed by atoms with van der Waals surface area (Å²) >= 11 is 5.90. The molecule has 148 valence electrons. The fraction of sp³-hybridized carbons (Fsp3) is 0.364. The fourth-order valence-corrected chi connectivity index (χ4v) is 5.00. The van der Waals surface area contributed by atoms with Gasteiger partial charge in [0, 0.05) is 27.9 Å². The first-order valence-electron chi connectivity index (χ1n) is 9.48. The third kappa shape index (κ3) is 4.00. The summed E-state index contributed by atoms with van der Waals surface area (Å²) in [6, 6.07) is 18.2. The zero-order chi connectivity index (χ0) is 20.3. The van der Waals surface area contributed by atoms with Crippen molar-refractivity contribution in [1.29, 1.82) is 0 Å². The Morgan fingerprint density at radius 2 is 1.75 bits per heavy atom. The van der Waals surface area contributed by atoms with Gasteiger partial charge in [0.2, 0.25) is 0 Å². The minimum atomic E-state index is -1.05. The van der Waals surface area contributed by atoms with Gasteiger partial charge in [-0.05, 0) is 43.7 Å². The Kier molecular flexibility index (Phi) is 6.53. The van der Waals surface area contributed by atoms with Crippen LogP contribution >= 0.6 is 24.4 Å². The van der Waals surface area contributed by atoms with Crippen LogP contribution in [0.3, 0.4) is 0 Å². The molecule has 0 bridgehead atoms. The number of hydrogen-bond donors (Lipinski definition) is 2. The molecule has 28 heavy (non-hydrogen) atoms. The molecule has 0 aromatic heterocycles. The number of carboxylic acid groups (broad SMARTS) is 1. The Morgan fingerprint density at radius 1 is 1.14 bits per heavy atom. The van der Waals surface area contributed by atoms with Gasteiger partial charge in [-0.2, -0.15) is 21.9 Å². The summed E-state index contributed by atoms with van der Waals surface area (Å²) in [5.74, 6) is -0.216. The lowest BCUT2D eigenvalue weighted by atomic mass is 9.97. The van der Waals surface area contributed by atoms with Gasteiger partial charge >= 0.3 is 12.0 Å². The normalized spacial score (nSPS) is 25.4. The molecular weight excluding hydrogens is 390 g/mol. The maximum atomic E-state index is 12.9. The second-order valence-electron chi connectivity index (χ2n) is 7.52. The molecule has 1 fully saturated rings. The van der Waals surface area contributed by atoms with Gasteiger partial charge in [-0.25, -0.2) is 4.79 Å². The smallest absolute Gasteiger partial charge is 0.435 e. The van der Waals surface area contributed by atoms with Crippen molar-refractivity contribution in [3.8, 4) is 0 Å². The SMILES string of the molecule is CC(CS)C(=O)[N@+]1(C(=O)O)C[C@@H](c2ccc(Sc3ccccc3)cc2)CC1C. The Morgan fingerprint density at radius 3 is 2.32 bits per heavy atom. The largest absolute Gasteiger partial charge is 0.521 e. The number of quaternary nitrogens is 1. The molecule has 1 saturated heterocycles. The molecule has 2 amide bonds. The van der Waals surface area contributed by atoms with Gasteiger partial charge in [0.05, 0.1) is 5.92 Å². The number of benzene rings is 2. The maximum absolute atomic E-state index is 12.9. The van der Waals surface area contributed by atoms with Crippen molar-refractivity contribution in [2.75, 3.05) is 12.3 Å². The highest BCUT2D eigenvalue weighted by Gasteiger charge is 2.57. The first kappa shape index (κ1) is 21.0. The maximum Gasteiger partial charge on any atom is 0.521 e. The minimum Gasteiger partial charge on any atom is -0.435 e. The average Bonchev–Trinajstić information content (AvgIpc) is 3.06. The van der Waals surface area contributed by atoms with Gasteiger partial charge in [-0.3, -0.25) is 0 Å². The first-order chi connectivity index (χ1) is 13.4. The number of nitrogens with zero attached hydrogens (tertiary/aromatic N) is 1. The molecule has 1 N–H and O–H groups in total. The lowest BCUT2D eigenvalue weighted by Crippen LogP contribution is -2.60. The number of carbonyl (C=O) groups is 2. The number of imide groups is 1. The van der Waals surface area contributed by atoms with Crippen LogP contribution in [0.25, 0.3) is 0 Å². The van der Waals surface area contributed by atoms with Crippen LogP contribution in [0.15, 0.2) is 64.4 Å². The summed E-state index contributed by atoms with van der Waals surface area (Å²) < 4.78 is -0.493. The van der Waals surface area contributed by atoms with Crippen molar-refractivity contribution >= 4 is 36.4 Å². The number of likely N-dealkylation sites (tertiary alicyclic amines) is 1. The monoisotopic (exact) mass is 416 g/mol. The Labute approximate surface area is 175 Å². The molecule has 4 nitrogen and oxygen atoms in total. The summed E-state index contributed by atoms with van der Waals surface area (Å²) in [6.45, 7) is 3.93. The van der Waals surface area contributed by atoms with E-state index in [-0.39, 0.29) is 23.8 Å². The van der Waals surface area contributed by atoms with Crippen molar-refractivity contribution in [1.82, 2.24) is 0 Å². The number of carbonyl (C=O) groups excluding carboxylic acids is 1. The van der Waals surface area contributed by atoms with E-state index in [9.17, 15) is 14.7 Å². The number of rotatable bonds is 5. The molecule has 2 unspecified atom stereocenters. The van der Waals surface area contributed by atoms with Gasteiger partial charge in [0.1, 0.15) is 12.6 Å². The van der Waals surface area contributed by atoms with E-state index in [0.29, 0.717) is 18.7 Å². The van der Waals surface area contributed by atoms with E-state index >= 15 is 0 Å². The molecule has 4 atom stereocenters. The van der Waals surface area contributed by atoms with Crippen LogP contribution in [0.2, 0.25) is 0 Å². The lowest BCUT2D eigenvalue weighted by molar-refractivity contribution is -0.794. The minimum absolute atomic E-state index is 0.0537. The van der Waals surface area contributed by atoms with E-state index in [1.165, 1.54) is 4.90 Å². The second kappa shape index (κ2) is 8.72. The van der Waals surface area contributed by atoms with Crippen molar-refractivity contribution in [2.24, 2.45) is 5.92 Å². The zero-order valence-electron chi connectivity index (χ0n) is 16.1. The zero-order valence-corrected chi connectivity index (χ0v) is 17.8. The van der Waals surface area contributed by atoms with Crippen molar-refractivity contribution in [3.63, 3.8) is 0 Å². The summed E-state index contributed by atoms with van der Waals surface area (Å²) in [6.07, 6.45) is -0.368. The van der Waals surface area contributed by atoms with E-state index in [4.69, 9.17) is 0 Å². The molecule has 0 saturated carbocycles. The summed E-state index contributed by atoms with van der Waals surface area (Å²) in [5, 5.41) is 9.95. The van der Waals surface area contributed by atoms with Crippen LogP contribution in [-0.4, -0.2) is 39.9 Å². The highest BCUT2D eigenvalue weighted by atomic mass is 32.2. The van der Waals surface area contributed by atoms with Crippen molar-refractivity contribution in [2.45, 2.75) is 42.0 Å². The molecule has 0 spiro atoms. The van der Waals surface area contributed by atoms with Gasteiger partial charge in [-0.1, -0.05) is 42.1 Å². The molecular formula is C22H26NO3S2+.